The molecule has 0 aliphatic carbocycles. The number of halogens is 1. The van der Waals surface area contributed by atoms with E-state index in [1.54, 1.807) is 0 Å². The number of aryl methyl sites for hydroxylation is 1. The third kappa shape index (κ3) is 1.87. The fourth-order valence-electron chi connectivity index (χ4n) is 2.75. The zero-order chi connectivity index (χ0) is 14.4. The first kappa shape index (κ1) is 12.5. The molecule has 0 amide bonds. The van der Waals surface area contributed by atoms with Crippen LogP contribution in [0.5, 0.6) is 0 Å². The molecule has 0 bridgehead atoms. The largest absolute Gasteiger partial charge is 0.280 e. The van der Waals surface area contributed by atoms with Crippen LogP contribution in [0.25, 0.3) is 27.6 Å². The number of para-hydroxylation sites is 2. The molecule has 0 saturated carbocycles. The van der Waals surface area contributed by atoms with Gasteiger partial charge in [0.25, 0.3) is 0 Å². The molecule has 0 fully saturated rings. The summed E-state index contributed by atoms with van der Waals surface area (Å²) in [4.78, 5) is 9.23. The predicted octanol–water partition coefficient (Wildman–Crippen LogP) is 4.64. The average molecular weight is 338 g/mol. The van der Waals surface area contributed by atoms with Crippen LogP contribution in [-0.2, 0) is 0 Å². The van der Waals surface area contributed by atoms with Crippen LogP contribution < -0.4 is 0 Å². The van der Waals surface area contributed by atoms with E-state index in [-0.39, 0.29) is 0 Å². The number of imidazole rings is 1. The fraction of sp³-hybridized carbons (Fsp3) is 0.0588. The maximum atomic E-state index is 4.63. The van der Waals surface area contributed by atoms with Crippen LogP contribution in [0, 0.1) is 6.92 Å². The quantitative estimate of drug-likeness (QED) is 0.506. The molecule has 4 heteroatoms. The van der Waals surface area contributed by atoms with Crippen molar-refractivity contribution in [1.29, 1.82) is 0 Å². The standard InChI is InChI=1S/C17H12BrN3/c1-11-20-15-7-2-3-8-16(15)21(11)17-13-5-4-6-14(18)12(13)9-10-19-17/h2-10H,1H3. The van der Waals surface area contributed by atoms with Gasteiger partial charge in [-0.2, -0.15) is 0 Å². The molecule has 4 aromatic rings. The van der Waals surface area contributed by atoms with E-state index in [9.17, 15) is 0 Å². The van der Waals surface area contributed by atoms with Gasteiger partial charge in [0.2, 0.25) is 0 Å². The van der Waals surface area contributed by atoms with E-state index in [1.807, 2.05) is 49.5 Å². The van der Waals surface area contributed by atoms with Gasteiger partial charge in [-0.1, -0.05) is 40.2 Å². The summed E-state index contributed by atoms with van der Waals surface area (Å²) in [6, 6.07) is 16.3. The summed E-state index contributed by atoms with van der Waals surface area (Å²) in [5.41, 5.74) is 2.07. The Labute approximate surface area is 130 Å². The third-order valence-electron chi connectivity index (χ3n) is 3.67. The normalized spacial score (nSPS) is 11.3. The number of pyridine rings is 1. The lowest BCUT2D eigenvalue weighted by Gasteiger charge is -2.10. The second-order valence-corrected chi connectivity index (χ2v) is 5.81. The van der Waals surface area contributed by atoms with E-state index in [2.05, 4.69) is 42.6 Å². The first-order valence-corrected chi connectivity index (χ1v) is 7.53. The van der Waals surface area contributed by atoms with Crippen LogP contribution in [0.1, 0.15) is 5.82 Å². The van der Waals surface area contributed by atoms with Crippen molar-refractivity contribution in [2.45, 2.75) is 6.92 Å². The van der Waals surface area contributed by atoms with E-state index >= 15 is 0 Å². The summed E-state index contributed by atoms with van der Waals surface area (Å²) in [6.07, 6.45) is 1.84. The Kier molecular flexibility index (Phi) is 2.79. The second kappa shape index (κ2) is 4.67. The van der Waals surface area contributed by atoms with Crippen LogP contribution >= 0.6 is 15.9 Å². The van der Waals surface area contributed by atoms with Crippen molar-refractivity contribution >= 4 is 37.7 Å². The highest BCUT2D eigenvalue weighted by Gasteiger charge is 2.13. The lowest BCUT2D eigenvalue weighted by Crippen LogP contribution is -2.00. The van der Waals surface area contributed by atoms with Gasteiger partial charge in [-0.05, 0) is 31.2 Å². The van der Waals surface area contributed by atoms with Gasteiger partial charge >= 0.3 is 0 Å². The highest BCUT2D eigenvalue weighted by atomic mass is 79.9. The van der Waals surface area contributed by atoms with Gasteiger partial charge in [0, 0.05) is 21.4 Å². The molecule has 0 saturated heterocycles. The lowest BCUT2D eigenvalue weighted by molar-refractivity contribution is 0.968. The Morgan fingerprint density at radius 2 is 1.81 bits per heavy atom. The molecule has 102 valence electrons. The highest BCUT2D eigenvalue weighted by molar-refractivity contribution is 9.10. The molecule has 3 nitrogen and oxygen atoms in total. The molecule has 2 heterocycles. The Morgan fingerprint density at radius 3 is 2.71 bits per heavy atom. The number of aromatic nitrogens is 3. The van der Waals surface area contributed by atoms with Crippen molar-refractivity contribution in [2.75, 3.05) is 0 Å². The SMILES string of the molecule is Cc1nc2ccccc2n1-c1nccc2c(Br)cccc12. The van der Waals surface area contributed by atoms with Gasteiger partial charge in [0.1, 0.15) is 11.6 Å². The Bertz CT molecular complexity index is 972. The third-order valence-corrected chi connectivity index (χ3v) is 4.36. The summed E-state index contributed by atoms with van der Waals surface area (Å²) in [5.74, 6) is 1.86. The van der Waals surface area contributed by atoms with Crippen LogP contribution in [0.3, 0.4) is 0 Å². The van der Waals surface area contributed by atoms with Crippen LogP contribution in [-0.4, -0.2) is 14.5 Å². The number of rotatable bonds is 1. The van der Waals surface area contributed by atoms with E-state index in [1.165, 1.54) is 0 Å². The molecule has 2 aromatic carbocycles. The molecule has 0 aliphatic heterocycles. The number of hydrogen-bond donors (Lipinski definition) is 0. The molecule has 0 N–H and O–H groups in total. The molecular formula is C17H12BrN3. The van der Waals surface area contributed by atoms with Crippen LogP contribution in [0.4, 0.5) is 0 Å². The summed E-state index contributed by atoms with van der Waals surface area (Å²) in [5, 5.41) is 2.26. The second-order valence-electron chi connectivity index (χ2n) is 4.95. The molecular weight excluding hydrogens is 326 g/mol. The molecule has 21 heavy (non-hydrogen) atoms. The van der Waals surface area contributed by atoms with E-state index in [0.29, 0.717) is 0 Å². The van der Waals surface area contributed by atoms with Gasteiger partial charge in [0.05, 0.1) is 11.0 Å². The van der Waals surface area contributed by atoms with Crippen LogP contribution in [0.15, 0.2) is 59.2 Å². The average Bonchev–Trinajstić information content (AvgIpc) is 2.83. The molecule has 0 aliphatic rings. The van der Waals surface area contributed by atoms with Crippen molar-refractivity contribution in [3.05, 3.63) is 65.0 Å². The van der Waals surface area contributed by atoms with Crippen molar-refractivity contribution < 1.29 is 0 Å². The topological polar surface area (TPSA) is 30.7 Å². The highest BCUT2D eigenvalue weighted by Crippen LogP contribution is 2.29. The maximum Gasteiger partial charge on any atom is 0.146 e. The summed E-state index contributed by atoms with van der Waals surface area (Å²) in [6.45, 7) is 2.01. The minimum absolute atomic E-state index is 0.917. The predicted molar refractivity (Wildman–Crippen MR) is 88.8 cm³/mol. The van der Waals surface area contributed by atoms with Gasteiger partial charge < -0.3 is 0 Å². The molecule has 0 radical (unpaired) electrons. The van der Waals surface area contributed by atoms with Gasteiger partial charge in [-0.25, -0.2) is 9.97 Å². The van der Waals surface area contributed by atoms with Crippen molar-refractivity contribution in [2.24, 2.45) is 0 Å². The van der Waals surface area contributed by atoms with Crippen molar-refractivity contribution in [3.8, 4) is 5.82 Å². The maximum absolute atomic E-state index is 4.63. The van der Waals surface area contributed by atoms with E-state index < -0.39 is 0 Å². The first-order chi connectivity index (χ1) is 10.3. The number of hydrogen-bond acceptors (Lipinski definition) is 2. The lowest BCUT2D eigenvalue weighted by atomic mass is 10.1. The Morgan fingerprint density at radius 1 is 0.952 bits per heavy atom. The summed E-state index contributed by atoms with van der Waals surface area (Å²) >= 11 is 3.61. The van der Waals surface area contributed by atoms with Crippen molar-refractivity contribution in [1.82, 2.24) is 14.5 Å². The van der Waals surface area contributed by atoms with Crippen LogP contribution in [0.2, 0.25) is 0 Å². The Balaban J connectivity index is 2.14. The van der Waals surface area contributed by atoms with Crippen molar-refractivity contribution in [3.63, 3.8) is 0 Å². The van der Waals surface area contributed by atoms with Gasteiger partial charge in [0.15, 0.2) is 0 Å². The zero-order valence-corrected chi connectivity index (χ0v) is 13.0. The van der Waals surface area contributed by atoms with Gasteiger partial charge in [-0.3, -0.25) is 4.57 Å². The minimum Gasteiger partial charge on any atom is -0.280 e. The van der Waals surface area contributed by atoms with Gasteiger partial charge in [-0.15, -0.1) is 0 Å². The minimum atomic E-state index is 0.917. The smallest absolute Gasteiger partial charge is 0.146 e. The number of fused-ring (bicyclic) bond motifs is 2. The fourth-order valence-corrected chi connectivity index (χ4v) is 3.24. The molecule has 0 spiro atoms. The molecule has 4 rings (SSSR count). The summed E-state index contributed by atoms with van der Waals surface area (Å²) in [7, 11) is 0. The number of nitrogens with zero attached hydrogens (tertiary/aromatic N) is 3. The molecule has 0 atom stereocenters. The summed E-state index contributed by atoms with van der Waals surface area (Å²) < 4.78 is 3.19. The molecule has 2 aromatic heterocycles. The van der Waals surface area contributed by atoms with E-state index in [4.69, 9.17) is 0 Å². The number of benzene rings is 2. The molecule has 0 unspecified atom stereocenters. The van der Waals surface area contributed by atoms with E-state index in [0.717, 1.165) is 37.9 Å². The first-order valence-electron chi connectivity index (χ1n) is 6.73. The zero-order valence-electron chi connectivity index (χ0n) is 11.4. The Hall–Kier alpha value is -2.20. The monoisotopic (exact) mass is 337 g/mol.